The summed E-state index contributed by atoms with van der Waals surface area (Å²) in [6.45, 7) is 2.59. The number of anilines is 1. The van der Waals surface area contributed by atoms with Crippen molar-refractivity contribution in [2.45, 2.75) is 26.4 Å². The molecule has 0 bridgehead atoms. The Morgan fingerprint density at radius 3 is 2.42 bits per heavy atom. The van der Waals surface area contributed by atoms with E-state index in [1.807, 2.05) is 37.3 Å². The molecule has 7 heteroatoms. The van der Waals surface area contributed by atoms with Crippen LogP contribution in [0.2, 0.25) is 0 Å². The number of carbonyl (C=O) groups excluding carboxylic acids is 2. The zero-order chi connectivity index (χ0) is 22.1. The lowest BCUT2D eigenvalue weighted by Gasteiger charge is -2.10. The number of aromatic nitrogens is 1. The van der Waals surface area contributed by atoms with Gasteiger partial charge in [-0.1, -0.05) is 43.7 Å². The molecule has 1 N–H and O–H groups in total. The van der Waals surface area contributed by atoms with Gasteiger partial charge >= 0.3 is 5.97 Å². The van der Waals surface area contributed by atoms with E-state index in [-0.39, 0.29) is 12.2 Å². The molecule has 1 amide bonds. The molecule has 0 fully saturated rings. The number of nitrogens with zero attached hydrogens (tertiary/aromatic N) is 1. The first kappa shape index (κ1) is 21.8. The van der Waals surface area contributed by atoms with Crippen molar-refractivity contribution in [3.8, 4) is 0 Å². The van der Waals surface area contributed by atoms with Crippen molar-refractivity contribution in [1.29, 1.82) is 0 Å². The minimum absolute atomic E-state index is 0.0568. The molecule has 3 rings (SSSR count). The highest BCUT2D eigenvalue weighted by Gasteiger charge is 2.14. The molecular formula is C24H24N2O5. The van der Waals surface area contributed by atoms with Crippen LogP contribution < -0.4 is 15.7 Å². The molecule has 1 heterocycles. The topological polar surface area (TPSA) is 86.6 Å². The lowest BCUT2D eigenvalue weighted by Crippen LogP contribution is -2.32. The van der Waals surface area contributed by atoms with E-state index in [1.54, 1.807) is 30.3 Å². The first-order valence-electron chi connectivity index (χ1n) is 10.1. The number of esters is 1. The fourth-order valence-electron chi connectivity index (χ4n) is 2.75. The number of pyridine rings is 1. The normalized spacial score (nSPS) is 10.4. The molecule has 0 unspecified atom stereocenters. The van der Waals surface area contributed by atoms with Crippen LogP contribution in [0.1, 0.15) is 46.0 Å². The highest BCUT2D eigenvalue weighted by Crippen LogP contribution is 2.12. The number of benzene rings is 2. The number of hydrogen-bond acceptors (Lipinski definition) is 5. The van der Waals surface area contributed by atoms with Crippen molar-refractivity contribution in [2.75, 3.05) is 11.9 Å². The number of unbranched alkanes of at least 4 members (excludes halogenated alkanes) is 1. The summed E-state index contributed by atoms with van der Waals surface area (Å²) in [4.78, 5) is 42.7. The Bertz CT molecular complexity index is 1080. The molecule has 0 aliphatic heterocycles. The Hall–Kier alpha value is -3.87. The van der Waals surface area contributed by atoms with Gasteiger partial charge in [-0.3, -0.25) is 9.59 Å². The Morgan fingerprint density at radius 1 is 0.968 bits per heavy atom. The van der Waals surface area contributed by atoms with E-state index in [0.29, 0.717) is 17.9 Å². The minimum atomic E-state index is -0.569. The Kier molecular flexibility index (Phi) is 7.59. The number of rotatable bonds is 9. The average molecular weight is 420 g/mol. The zero-order valence-electron chi connectivity index (χ0n) is 17.2. The maximum absolute atomic E-state index is 12.6. The molecule has 0 aliphatic rings. The van der Waals surface area contributed by atoms with Crippen LogP contribution in [-0.2, 0) is 11.3 Å². The van der Waals surface area contributed by atoms with Crippen LogP contribution in [0.3, 0.4) is 0 Å². The lowest BCUT2D eigenvalue weighted by molar-refractivity contribution is 0.0499. The second-order valence-corrected chi connectivity index (χ2v) is 6.83. The van der Waals surface area contributed by atoms with Crippen LogP contribution >= 0.6 is 0 Å². The molecule has 0 radical (unpaired) electrons. The number of ether oxygens (including phenoxy) is 1. The largest absolute Gasteiger partial charge is 0.462 e. The Labute approximate surface area is 180 Å². The smallest absolute Gasteiger partial charge is 0.338 e. The van der Waals surface area contributed by atoms with Gasteiger partial charge in [0.2, 0.25) is 0 Å². The fourth-order valence-corrected chi connectivity index (χ4v) is 2.75. The molecule has 0 saturated heterocycles. The third-order valence-electron chi connectivity index (χ3n) is 4.48. The van der Waals surface area contributed by atoms with Gasteiger partial charge in [-0.15, -0.1) is 0 Å². The standard InChI is InChI=1S/C24H24N2O5/c1-2-3-16-30-24(29)19-11-13-20(14-12-19)25-22(27)21-10-7-15-26(23(21)28)31-17-18-8-5-4-6-9-18/h4-15H,2-3,16-17H2,1H3,(H,25,27). The second kappa shape index (κ2) is 10.8. The summed E-state index contributed by atoms with van der Waals surface area (Å²) in [5, 5.41) is 2.66. The second-order valence-electron chi connectivity index (χ2n) is 6.83. The third kappa shape index (κ3) is 6.05. The average Bonchev–Trinajstić information content (AvgIpc) is 2.79. The van der Waals surface area contributed by atoms with Crippen LogP contribution in [0.25, 0.3) is 0 Å². The van der Waals surface area contributed by atoms with E-state index in [2.05, 4.69) is 5.32 Å². The molecule has 0 atom stereocenters. The van der Waals surface area contributed by atoms with Crippen molar-refractivity contribution < 1.29 is 19.2 Å². The molecule has 0 saturated carbocycles. The third-order valence-corrected chi connectivity index (χ3v) is 4.48. The van der Waals surface area contributed by atoms with E-state index in [4.69, 9.17) is 9.57 Å². The van der Waals surface area contributed by atoms with Gasteiger partial charge in [0.25, 0.3) is 11.5 Å². The molecular weight excluding hydrogens is 396 g/mol. The maximum Gasteiger partial charge on any atom is 0.338 e. The zero-order valence-corrected chi connectivity index (χ0v) is 17.2. The number of amides is 1. The van der Waals surface area contributed by atoms with E-state index in [9.17, 15) is 14.4 Å². The van der Waals surface area contributed by atoms with Crippen LogP contribution in [0.15, 0.2) is 77.7 Å². The molecule has 0 spiro atoms. The van der Waals surface area contributed by atoms with Gasteiger partial charge in [0, 0.05) is 11.9 Å². The van der Waals surface area contributed by atoms with Crippen molar-refractivity contribution in [3.63, 3.8) is 0 Å². The number of nitrogens with one attached hydrogen (secondary N) is 1. The first-order chi connectivity index (χ1) is 15.1. The molecule has 3 aromatic rings. The van der Waals surface area contributed by atoms with Gasteiger partial charge in [-0.25, -0.2) is 4.79 Å². The van der Waals surface area contributed by atoms with Gasteiger partial charge in [-0.05, 0) is 48.4 Å². The number of hydrogen-bond donors (Lipinski definition) is 1. The van der Waals surface area contributed by atoms with E-state index >= 15 is 0 Å². The van der Waals surface area contributed by atoms with Crippen LogP contribution in [0, 0.1) is 0 Å². The van der Waals surface area contributed by atoms with Crippen molar-refractivity contribution in [3.05, 3.63) is 100.0 Å². The fraction of sp³-hybridized carbons (Fsp3) is 0.208. The molecule has 1 aromatic heterocycles. The van der Waals surface area contributed by atoms with E-state index in [0.717, 1.165) is 23.1 Å². The van der Waals surface area contributed by atoms with Crippen molar-refractivity contribution in [1.82, 2.24) is 4.73 Å². The molecule has 2 aromatic carbocycles. The molecule has 31 heavy (non-hydrogen) atoms. The quantitative estimate of drug-likeness (QED) is 0.421. The summed E-state index contributed by atoms with van der Waals surface area (Å²) in [6.07, 6.45) is 3.21. The lowest BCUT2D eigenvalue weighted by atomic mass is 10.2. The van der Waals surface area contributed by atoms with Gasteiger partial charge in [0.05, 0.1) is 12.2 Å². The van der Waals surface area contributed by atoms with Gasteiger partial charge in [0.1, 0.15) is 12.2 Å². The van der Waals surface area contributed by atoms with E-state index < -0.39 is 17.4 Å². The number of carbonyl (C=O) groups is 2. The summed E-state index contributed by atoms with van der Waals surface area (Å²) >= 11 is 0. The van der Waals surface area contributed by atoms with Gasteiger partial charge in [0.15, 0.2) is 0 Å². The summed E-state index contributed by atoms with van der Waals surface area (Å²) in [5.74, 6) is -0.978. The SMILES string of the molecule is CCCCOC(=O)c1ccc(NC(=O)c2cccn(OCc3ccccc3)c2=O)cc1. The predicted molar refractivity (Wildman–Crippen MR) is 117 cm³/mol. The summed E-state index contributed by atoms with van der Waals surface area (Å²) in [5.41, 5.74) is 1.13. The molecule has 7 nitrogen and oxygen atoms in total. The maximum atomic E-state index is 12.6. The monoisotopic (exact) mass is 420 g/mol. The highest BCUT2D eigenvalue weighted by atomic mass is 16.7. The summed E-state index contributed by atoms with van der Waals surface area (Å²) in [6, 6.07) is 18.7. The Morgan fingerprint density at radius 2 is 1.71 bits per heavy atom. The minimum Gasteiger partial charge on any atom is -0.462 e. The molecule has 160 valence electrons. The Balaban J connectivity index is 1.64. The predicted octanol–water partition coefficient (Wildman–Crippen LogP) is 3.69. The summed E-state index contributed by atoms with van der Waals surface area (Å²) < 4.78 is 6.20. The van der Waals surface area contributed by atoms with Gasteiger partial charge < -0.3 is 14.9 Å². The first-order valence-corrected chi connectivity index (χ1v) is 10.1. The molecule has 0 aliphatic carbocycles. The highest BCUT2D eigenvalue weighted by molar-refractivity contribution is 6.04. The summed E-state index contributed by atoms with van der Waals surface area (Å²) in [7, 11) is 0. The van der Waals surface area contributed by atoms with E-state index in [1.165, 1.54) is 12.3 Å². The van der Waals surface area contributed by atoms with Crippen LogP contribution in [-0.4, -0.2) is 23.2 Å². The van der Waals surface area contributed by atoms with Crippen molar-refractivity contribution in [2.24, 2.45) is 0 Å². The van der Waals surface area contributed by atoms with Crippen LogP contribution in [0.4, 0.5) is 5.69 Å². The van der Waals surface area contributed by atoms with Gasteiger partial charge in [-0.2, -0.15) is 4.73 Å². The van der Waals surface area contributed by atoms with Crippen LogP contribution in [0.5, 0.6) is 0 Å². The van der Waals surface area contributed by atoms with Crippen molar-refractivity contribution >= 4 is 17.6 Å².